The Morgan fingerprint density at radius 3 is 2.75 bits per heavy atom. The molecule has 0 bridgehead atoms. The van der Waals surface area contributed by atoms with Gasteiger partial charge in [-0.05, 0) is 67.5 Å². The van der Waals surface area contributed by atoms with E-state index in [1.807, 2.05) is 6.07 Å². The average molecular weight is 402 g/mol. The van der Waals surface area contributed by atoms with E-state index in [1.54, 1.807) is 47.6 Å². The highest BCUT2D eigenvalue weighted by Gasteiger charge is 2.49. The molecule has 2 N–H and O–H groups in total. The molecule has 1 heterocycles. The van der Waals surface area contributed by atoms with E-state index in [-0.39, 0.29) is 25.2 Å². The number of nitrogens with zero attached hydrogens (tertiary/aromatic N) is 1. The third kappa shape index (κ3) is 3.18. The highest BCUT2D eigenvalue weighted by Crippen LogP contribution is 2.45. The van der Waals surface area contributed by atoms with Crippen LogP contribution < -0.4 is 10.4 Å². The van der Waals surface area contributed by atoms with Crippen LogP contribution in [0.25, 0.3) is 0 Å². The molecule has 2 aromatic rings. The normalized spacial score (nSPS) is 20.7. The van der Waals surface area contributed by atoms with Gasteiger partial charge < -0.3 is 4.90 Å². The lowest BCUT2D eigenvalue weighted by Crippen LogP contribution is -2.39. The maximum Gasteiger partial charge on any atom is 0.274 e. The summed E-state index contributed by atoms with van der Waals surface area (Å²) in [6.45, 7) is 2.21. The van der Waals surface area contributed by atoms with Crippen molar-refractivity contribution in [3.63, 3.8) is 0 Å². The highest BCUT2D eigenvalue weighted by atomic mass is 32.1. The average Bonchev–Trinajstić information content (AvgIpc) is 2.99. The monoisotopic (exact) mass is 402 g/mol. The SMILES string of the molecule is Cc1cccc(N2CC[C@@]3(CCc4cc(C(=O)NO)ccc4C3)C2=O)c1F.S. The molecule has 0 saturated carbocycles. The van der Waals surface area contributed by atoms with Crippen LogP contribution in [0.3, 0.4) is 0 Å². The maximum absolute atomic E-state index is 14.5. The van der Waals surface area contributed by atoms with Crippen molar-refractivity contribution >= 4 is 31.0 Å². The number of hydrogen-bond donors (Lipinski definition) is 2. The van der Waals surface area contributed by atoms with Crippen LogP contribution in [0.4, 0.5) is 10.1 Å². The number of amides is 2. The molecular weight excluding hydrogens is 379 g/mol. The van der Waals surface area contributed by atoms with Gasteiger partial charge in [0.2, 0.25) is 5.91 Å². The van der Waals surface area contributed by atoms with Crippen LogP contribution in [-0.2, 0) is 17.6 Å². The molecule has 1 atom stereocenters. The van der Waals surface area contributed by atoms with Crippen molar-refractivity contribution in [3.05, 3.63) is 64.5 Å². The number of hydroxylamine groups is 1. The molecule has 1 aliphatic carbocycles. The van der Waals surface area contributed by atoms with Gasteiger partial charge in [-0.15, -0.1) is 0 Å². The zero-order valence-electron chi connectivity index (χ0n) is 15.6. The Balaban J connectivity index is 0.00000225. The Bertz CT molecular complexity index is 949. The van der Waals surface area contributed by atoms with Crippen LogP contribution in [0.5, 0.6) is 0 Å². The zero-order chi connectivity index (χ0) is 19.2. The standard InChI is InChI=1S/C21H21FN2O3.H2S/c1-13-3-2-4-17(18(13)22)24-10-9-21(20(24)26)8-7-14-11-15(19(25)23-27)5-6-16(14)12-21;/h2-6,11,27H,7-10,12H2,1H3,(H,23,25);1H2/t21-;/m1./s1. The third-order valence-corrected chi connectivity index (χ3v) is 5.95. The lowest BCUT2D eigenvalue weighted by Gasteiger charge is -2.33. The van der Waals surface area contributed by atoms with Crippen molar-refractivity contribution in [2.45, 2.75) is 32.6 Å². The van der Waals surface area contributed by atoms with E-state index in [2.05, 4.69) is 0 Å². The van der Waals surface area contributed by atoms with Gasteiger partial charge in [0.15, 0.2) is 0 Å². The van der Waals surface area contributed by atoms with E-state index in [0.29, 0.717) is 49.0 Å². The largest absolute Gasteiger partial charge is 0.309 e. The van der Waals surface area contributed by atoms with Crippen molar-refractivity contribution in [2.75, 3.05) is 11.4 Å². The molecule has 4 rings (SSSR count). The predicted molar refractivity (Wildman–Crippen MR) is 109 cm³/mol. The van der Waals surface area contributed by atoms with E-state index < -0.39 is 11.3 Å². The molecule has 0 radical (unpaired) electrons. The Morgan fingerprint density at radius 1 is 1.21 bits per heavy atom. The first-order valence-corrected chi connectivity index (χ1v) is 9.08. The molecule has 1 spiro atoms. The summed E-state index contributed by atoms with van der Waals surface area (Å²) in [5, 5.41) is 8.79. The first-order chi connectivity index (χ1) is 12.9. The van der Waals surface area contributed by atoms with E-state index in [0.717, 1.165) is 11.1 Å². The van der Waals surface area contributed by atoms with E-state index in [1.165, 1.54) is 0 Å². The molecule has 2 aromatic carbocycles. The van der Waals surface area contributed by atoms with Crippen LogP contribution in [0.15, 0.2) is 36.4 Å². The summed E-state index contributed by atoms with van der Waals surface area (Å²) < 4.78 is 14.5. The van der Waals surface area contributed by atoms with Gasteiger partial charge in [-0.25, -0.2) is 9.87 Å². The summed E-state index contributed by atoms with van der Waals surface area (Å²) >= 11 is 0. The van der Waals surface area contributed by atoms with E-state index in [9.17, 15) is 14.0 Å². The number of carbonyl (C=O) groups excluding carboxylic acids is 2. The lowest BCUT2D eigenvalue weighted by atomic mass is 9.70. The molecule has 0 unspecified atom stereocenters. The second-order valence-corrected chi connectivity index (χ2v) is 7.50. The summed E-state index contributed by atoms with van der Waals surface area (Å²) in [4.78, 5) is 26.4. The molecule has 2 amide bonds. The second kappa shape index (κ2) is 7.56. The molecule has 148 valence electrons. The Kier molecular flexibility index (Phi) is 5.50. The van der Waals surface area contributed by atoms with Crippen molar-refractivity contribution in [3.8, 4) is 0 Å². The number of carbonyl (C=O) groups is 2. The van der Waals surface area contributed by atoms with Crippen LogP contribution in [0, 0.1) is 18.2 Å². The van der Waals surface area contributed by atoms with Crippen LogP contribution in [0.2, 0.25) is 0 Å². The topological polar surface area (TPSA) is 69.6 Å². The van der Waals surface area contributed by atoms with Crippen molar-refractivity contribution in [2.24, 2.45) is 5.41 Å². The number of nitrogens with one attached hydrogen (secondary N) is 1. The van der Waals surface area contributed by atoms with E-state index >= 15 is 0 Å². The fourth-order valence-corrected chi connectivity index (χ4v) is 4.35. The minimum Gasteiger partial charge on any atom is -0.309 e. The molecule has 28 heavy (non-hydrogen) atoms. The number of aryl methyl sites for hydroxylation is 2. The lowest BCUT2D eigenvalue weighted by molar-refractivity contribution is -0.126. The predicted octanol–water partition coefficient (Wildman–Crippen LogP) is 3.28. The number of fused-ring (bicyclic) bond motifs is 1. The molecular formula is C21H23FN2O3S. The van der Waals surface area contributed by atoms with Gasteiger partial charge in [0.25, 0.3) is 5.91 Å². The van der Waals surface area contributed by atoms with Gasteiger partial charge in [0.05, 0.1) is 11.1 Å². The molecule has 1 aliphatic heterocycles. The van der Waals surface area contributed by atoms with Crippen LogP contribution in [-0.4, -0.2) is 23.6 Å². The van der Waals surface area contributed by atoms with Gasteiger partial charge in [0, 0.05) is 12.1 Å². The van der Waals surface area contributed by atoms with Crippen molar-refractivity contribution in [1.29, 1.82) is 0 Å². The summed E-state index contributed by atoms with van der Waals surface area (Å²) in [7, 11) is 0. The molecule has 5 nitrogen and oxygen atoms in total. The second-order valence-electron chi connectivity index (χ2n) is 7.50. The zero-order valence-corrected chi connectivity index (χ0v) is 16.6. The maximum atomic E-state index is 14.5. The number of rotatable bonds is 2. The molecule has 2 aliphatic rings. The van der Waals surface area contributed by atoms with Crippen molar-refractivity contribution < 1.29 is 19.2 Å². The third-order valence-electron chi connectivity index (χ3n) is 5.95. The first kappa shape index (κ1) is 20.4. The fraction of sp³-hybridized carbons (Fsp3) is 0.333. The summed E-state index contributed by atoms with van der Waals surface area (Å²) in [6, 6.07) is 10.4. The number of hydrogen-bond acceptors (Lipinski definition) is 3. The summed E-state index contributed by atoms with van der Waals surface area (Å²) in [6.07, 6.45) is 2.63. The number of anilines is 1. The minimum atomic E-state index is -0.545. The first-order valence-electron chi connectivity index (χ1n) is 9.08. The molecule has 1 saturated heterocycles. The summed E-state index contributed by atoms with van der Waals surface area (Å²) in [5.74, 6) is -0.898. The molecule has 0 aromatic heterocycles. The fourth-order valence-electron chi connectivity index (χ4n) is 4.35. The molecule has 7 heteroatoms. The highest BCUT2D eigenvalue weighted by molar-refractivity contribution is 7.59. The minimum absolute atomic E-state index is 0. The van der Waals surface area contributed by atoms with Gasteiger partial charge in [-0.2, -0.15) is 13.5 Å². The Labute approximate surface area is 170 Å². The van der Waals surface area contributed by atoms with Gasteiger partial charge in [0.1, 0.15) is 5.82 Å². The van der Waals surface area contributed by atoms with Gasteiger partial charge >= 0.3 is 0 Å². The van der Waals surface area contributed by atoms with Gasteiger partial charge in [-0.1, -0.05) is 18.2 Å². The Morgan fingerprint density at radius 2 is 2.00 bits per heavy atom. The van der Waals surface area contributed by atoms with E-state index in [4.69, 9.17) is 5.21 Å². The summed E-state index contributed by atoms with van der Waals surface area (Å²) in [5.41, 5.74) is 4.48. The molecule has 1 fully saturated rings. The Hall–Kier alpha value is -2.38. The number of benzene rings is 2. The number of halogens is 1. The van der Waals surface area contributed by atoms with Crippen LogP contribution >= 0.6 is 13.5 Å². The smallest absolute Gasteiger partial charge is 0.274 e. The van der Waals surface area contributed by atoms with Gasteiger partial charge in [-0.3, -0.25) is 14.8 Å². The van der Waals surface area contributed by atoms with Crippen LogP contribution in [0.1, 0.15) is 39.9 Å². The van der Waals surface area contributed by atoms with Crippen molar-refractivity contribution in [1.82, 2.24) is 5.48 Å². The quantitative estimate of drug-likeness (QED) is 0.598.